The van der Waals surface area contributed by atoms with Crippen LogP contribution in [0.5, 0.6) is 0 Å². The zero-order valence-corrected chi connectivity index (χ0v) is 23.1. The molecule has 206 valence electrons. The van der Waals surface area contributed by atoms with Gasteiger partial charge in [-0.05, 0) is 42.5 Å². The van der Waals surface area contributed by atoms with Crippen LogP contribution >= 0.6 is 0 Å². The standard InChI is InChI=1S/C35H21N9/c1-2-8-25-22(7-1)11-14-27(42-25)33-24-13-12-23(26-9-3-4-15-37-26)31(35-39-16-6-17-40-35)30(24)32(29-21-36-19-20-38-29)34(43-33)28-10-5-18-41-44-28/h1-21H. The van der Waals surface area contributed by atoms with Gasteiger partial charge >= 0.3 is 0 Å². The van der Waals surface area contributed by atoms with Crippen molar-refractivity contribution in [3.63, 3.8) is 0 Å². The predicted molar refractivity (Wildman–Crippen MR) is 169 cm³/mol. The lowest BCUT2D eigenvalue weighted by Crippen LogP contribution is -2.03. The number of benzene rings is 2. The predicted octanol–water partition coefficient (Wildman–Crippen LogP) is 6.88. The third-order valence-electron chi connectivity index (χ3n) is 7.38. The Kier molecular flexibility index (Phi) is 6.23. The highest BCUT2D eigenvalue weighted by Crippen LogP contribution is 2.46. The van der Waals surface area contributed by atoms with Crippen molar-refractivity contribution in [3.05, 3.63) is 128 Å². The van der Waals surface area contributed by atoms with Gasteiger partial charge in [0.15, 0.2) is 5.82 Å². The maximum absolute atomic E-state index is 5.27. The molecule has 0 aliphatic carbocycles. The summed E-state index contributed by atoms with van der Waals surface area (Å²) < 4.78 is 0. The van der Waals surface area contributed by atoms with Crippen molar-refractivity contribution >= 4 is 21.7 Å². The van der Waals surface area contributed by atoms with E-state index in [0.29, 0.717) is 28.6 Å². The third kappa shape index (κ3) is 4.40. The fourth-order valence-electron chi connectivity index (χ4n) is 5.49. The Morgan fingerprint density at radius 1 is 0.477 bits per heavy atom. The van der Waals surface area contributed by atoms with Crippen molar-refractivity contribution in [2.75, 3.05) is 0 Å². The van der Waals surface area contributed by atoms with Crippen molar-refractivity contribution < 1.29 is 0 Å². The molecule has 0 unspecified atom stereocenters. The molecule has 9 nitrogen and oxygen atoms in total. The summed E-state index contributed by atoms with van der Waals surface area (Å²) in [6.07, 6.45) is 11.9. The maximum Gasteiger partial charge on any atom is 0.160 e. The van der Waals surface area contributed by atoms with E-state index < -0.39 is 0 Å². The van der Waals surface area contributed by atoms with Crippen LogP contribution < -0.4 is 0 Å². The number of nitrogens with zero attached hydrogens (tertiary/aromatic N) is 9. The molecule has 44 heavy (non-hydrogen) atoms. The van der Waals surface area contributed by atoms with Crippen LogP contribution in [-0.4, -0.2) is 45.1 Å². The minimum absolute atomic E-state index is 0.539. The Hall–Kier alpha value is -6.35. The van der Waals surface area contributed by atoms with Crippen LogP contribution in [0.3, 0.4) is 0 Å². The Morgan fingerprint density at radius 3 is 2.14 bits per heavy atom. The molecule has 0 saturated heterocycles. The molecule has 0 saturated carbocycles. The molecule has 8 aromatic rings. The van der Waals surface area contributed by atoms with Crippen LogP contribution in [-0.2, 0) is 0 Å². The SMILES string of the molecule is c1ccc(-c2ccc3c(-c4ccc5ccccc5n4)nc(-c4cccnn4)c(-c4cnccn4)c3c2-c2ncccn2)nc1. The van der Waals surface area contributed by atoms with Crippen LogP contribution in [0.2, 0.25) is 0 Å². The van der Waals surface area contributed by atoms with Crippen molar-refractivity contribution in [1.29, 1.82) is 0 Å². The van der Waals surface area contributed by atoms with Gasteiger partial charge in [-0.2, -0.15) is 5.10 Å². The lowest BCUT2D eigenvalue weighted by Gasteiger charge is -2.19. The Balaban J connectivity index is 1.60. The van der Waals surface area contributed by atoms with E-state index in [0.717, 1.165) is 49.8 Å². The number of rotatable bonds is 5. The molecule has 8 rings (SSSR count). The molecule has 0 aliphatic heterocycles. The minimum Gasteiger partial charge on any atom is -0.261 e. The molecule has 0 fully saturated rings. The van der Waals surface area contributed by atoms with Gasteiger partial charge in [0, 0.05) is 70.0 Å². The summed E-state index contributed by atoms with van der Waals surface area (Å²) in [7, 11) is 0. The molecule has 0 N–H and O–H groups in total. The van der Waals surface area contributed by atoms with Gasteiger partial charge in [-0.25, -0.2) is 19.9 Å². The highest BCUT2D eigenvalue weighted by atomic mass is 15.1. The van der Waals surface area contributed by atoms with E-state index >= 15 is 0 Å². The molecule has 0 spiro atoms. The van der Waals surface area contributed by atoms with Gasteiger partial charge in [0.2, 0.25) is 0 Å². The highest BCUT2D eigenvalue weighted by molar-refractivity contribution is 6.16. The first kappa shape index (κ1) is 25.4. The van der Waals surface area contributed by atoms with Crippen molar-refractivity contribution in [2.45, 2.75) is 0 Å². The quantitative estimate of drug-likeness (QED) is 0.219. The van der Waals surface area contributed by atoms with Gasteiger partial charge in [-0.1, -0.05) is 42.5 Å². The van der Waals surface area contributed by atoms with Crippen molar-refractivity contribution in [2.24, 2.45) is 0 Å². The molecule has 0 bridgehead atoms. The summed E-state index contributed by atoms with van der Waals surface area (Å²) in [6.45, 7) is 0. The van der Waals surface area contributed by atoms with Gasteiger partial charge in [-0.15, -0.1) is 5.10 Å². The second-order valence-electron chi connectivity index (χ2n) is 9.97. The number of pyridine rings is 3. The maximum atomic E-state index is 5.27. The van der Waals surface area contributed by atoms with Gasteiger partial charge in [0.25, 0.3) is 0 Å². The second-order valence-corrected chi connectivity index (χ2v) is 9.97. The first-order valence-corrected chi connectivity index (χ1v) is 14.0. The summed E-state index contributed by atoms with van der Waals surface area (Å²) in [4.78, 5) is 33.6. The number of hydrogen-bond donors (Lipinski definition) is 0. The van der Waals surface area contributed by atoms with E-state index in [1.54, 1.807) is 49.4 Å². The molecular weight excluding hydrogens is 546 g/mol. The summed E-state index contributed by atoms with van der Waals surface area (Å²) in [5, 5.41) is 11.4. The zero-order valence-electron chi connectivity index (χ0n) is 23.1. The summed E-state index contributed by atoms with van der Waals surface area (Å²) in [5.74, 6) is 0.539. The summed E-state index contributed by atoms with van der Waals surface area (Å²) in [6, 6.07) is 27.6. The van der Waals surface area contributed by atoms with Crippen LogP contribution in [0.1, 0.15) is 0 Å². The Labute approximate surface area is 251 Å². The van der Waals surface area contributed by atoms with E-state index in [1.165, 1.54) is 0 Å². The van der Waals surface area contributed by atoms with Gasteiger partial charge < -0.3 is 0 Å². The van der Waals surface area contributed by atoms with Crippen LogP contribution in [0.25, 0.3) is 78.4 Å². The fraction of sp³-hybridized carbons (Fsp3) is 0. The molecule has 9 heteroatoms. The molecule has 6 heterocycles. The molecule has 0 radical (unpaired) electrons. The number of hydrogen-bond acceptors (Lipinski definition) is 9. The molecule has 6 aromatic heterocycles. The average molecular weight is 568 g/mol. The summed E-state index contributed by atoms with van der Waals surface area (Å²) in [5.41, 5.74) is 7.24. The lowest BCUT2D eigenvalue weighted by atomic mass is 9.89. The molecule has 0 aliphatic rings. The van der Waals surface area contributed by atoms with E-state index in [1.807, 2.05) is 66.7 Å². The van der Waals surface area contributed by atoms with E-state index in [9.17, 15) is 0 Å². The lowest BCUT2D eigenvalue weighted by molar-refractivity contribution is 1.03. The van der Waals surface area contributed by atoms with Gasteiger partial charge in [0.1, 0.15) is 11.4 Å². The van der Waals surface area contributed by atoms with Gasteiger partial charge in [0.05, 0.1) is 34.5 Å². The first-order chi connectivity index (χ1) is 21.8. The Morgan fingerprint density at radius 2 is 1.32 bits per heavy atom. The van der Waals surface area contributed by atoms with E-state index in [2.05, 4.69) is 27.3 Å². The first-order valence-electron chi connectivity index (χ1n) is 14.0. The molecule has 2 aromatic carbocycles. The van der Waals surface area contributed by atoms with Crippen LogP contribution in [0, 0.1) is 0 Å². The topological polar surface area (TPSA) is 116 Å². The zero-order chi connectivity index (χ0) is 29.3. The van der Waals surface area contributed by atoms with E-state index in [-0.39, 0.29) is 0 Å². The minimum atomic E-state index is 0.539. The molecule has 0 amide bonds. The van der Waals surface area contributed by atoms with Gasteiger partial charge in [-0.3, -0.25) is 15.0 Å². The highest BCUT2D eigenvalue weighted by Gasteiger charge is 2.26. The smallest absolute Gasteiger partial charge is 0.160 e. The molecule has 0 atom stereocenters. The number of fused-ring (bicyclic) bond motifs is 2. The van der Waals surface area contributed by atoms with E-state index in [4.69, 9.17) is 29.9 Å². The fourth-order valence-corrected chi connectivity index (χ4v) is 5.49. The Bertz CT molecular complexity index is 2220. The van der Waals surface area contributed by atoms with Crippen molar-refractivity contribution in [1.82, 2.24) is 45.1 Å². The molecular formula is C35H21N9. The number of aromatic nitrogens is 9. The third-order valence-corrected chi connectivity index (χ3v) is 7.38. The monoisotopic (exact) mass is 567 g/mol. The number of para-hydroxylation sites is 1. The summed E-state index contributed by atoms with van der Waals surface area (Å²) >= 11 is 0. The van der Waals surface area contributed by atoms with Crippen molar-refractivity contribution in [3.8, 4) is 56.7 Å². The second kappa shape index (κ2) is 10.8. The largest absolute Gasteiger partial charge is 0.261 e. The normalized spacial score (nSPS) is 11.2. The van der Waals surface area contributed by atoms with Crippen LogP contribution in [0.15, 0.2) is 128 Å². The average Bonchev–Trinajstić information content (AvgIpc) is 3.11. The van der Waals surface area contributed by atoms with Crippen LogP contribution in [0.4, 0.5) is 0 Å².